The van der Waals surface area contributed by atoms with Gasteiger partial charge in [0, 0.05) is 26.4 Å². The van der Waals surface area contributed by atoms with Crippen LogP contribution in [0.3, 0.4) is 0 Å². The van der Waals surface area contributed by atoms with Crippen molar-refractivity contribution in [1.29, 1.82) is 0 Å². The van der Waals surface area contributed by atoms with Gasteiger partial charge in [0.25, 0.3) is 0 Å². The summed E-state index contributed by atoms with van der Waals surface area (Å²) in [5, 5.41) is 11.7. The van der Waals surface area contributed by atoms with Crippen LogP contribution in [0.5, 0.6) is 0 Å². The number of carbonyl (C=O) groups is 2. The van der Waals surface area contributed by atoms with Gasteiger partial charge in [0.15, 0.2) is 0 Å². The summed E-state index contributed by atoms with van der Waals surface area (Å²) < 4.78 is 16.5. The second-order valence-corrected chi connectivity index (χ2v) is 12.0. The van der Waals surface area contributed by atoms with Crippen molar-refractivity contribution in [2.45, 2.75) is 90.8 Å². The zero-order valence-corrected chi connectivity index (χ0v) is 21.2. The molecule has 6 nitrogen and oxygen atoms in total. The normalized spacial score (nSPS) is 45.6. The molecule has 4 rings (SSSR count). The first-order chi connectivity index (χ1) is 15.7. The van der Waals surface area contributed by atoms with E-state index in [0.717, 1.165) is 38.5 Å². The topological polar surface area (TPSA) is 82.1 Å². The Hall–Kier alpha value is -0.980. The van der Waals surface area contributed by atoms with E-state index in [4.69, 9.17) is 14.2 Å². The van der Waals surface area contributed by atoms with Crippen LogP contribution in [0.2, 0.25) is 0 Å². The Morgan fingerprint density at radius 3 is 2.64 bits per heavy atom. The molecule has 0 bridgehead atoms. The molecule has 0 aromatic heterocycles. The minimum Gasteiger partial charge on any atom is -0.469 e. The Bertz CT molecular complexity index is 738. The molecule has 10 atom stereocenters. The van der Waals surface area contributed by atoms with E-state index in [1.807, 2.05) is 0 Å². The van der Waals surface area contributed by atoms with E-state index in [0.29, 0.717) is 60.6 Å². The summed E-state index contributed by atoms with van der Waals surface area (Å²) in [6.07, 6.45) is 7.06. The quantitative estimate of drug-likeness (QED) is 0.445. The third-order valence-corrected chi connectivity index (χ3v) is 10.8. The SMILES string of the molecule is COCO[C@@H]1C[C@@H]2CC(=O)CC[C@]2(C)[C@H]2C[C@H](O)[C@]3(C)[C@@H](C(C)CCC(=O)OC)CC[C@H]3[C@H]12. The molecule has 0 saturated heterocycles. The monoisotopic (exact) mass is 464 g/mol. The molecule has 4 fully saturated rings. The van der Waals surface area contributed by atoms with Crippen molar-refractivity contribution < 1.29 is 28.9 Å². The number of methoxy groups -OCH3 is 2. The number of hydrogen-bond donors (Lipinski definition) is 1. The lowest BCUT2D eigenvalue weighted by molar-refractivity contribution is -0.224. The van der Waals surface area contributed by atoms with E-state index in [9.17, 15) is 14.7 Å². The first kappa shape index (κ1) is 25.1. The van der Waals surface area contributed by atoms with Crippen LogP contribution in [0, 0.1) is 46.3 Å². The number of fused-ring (bicyclic) bond motifs is 5. The minimum absolute atomic E-state index is 0.0693. The molecule has 1 N–H and O–H groups in total. The van der Waals surface area contributed by atoms with Gasteiger partial charge >= 0.3 is 5.97 Å². The van der Waals surface area contributed by atoms with Crippen LogP contribution in [0.4, 0.5) is 0 Å². The predicted octanol–water partition coefficient (Wildman–Crippen LogP) is 4.37. The molecule has 4 saturated carbocycles. The maximum Gasteiger partial charge on any atom is 0.305 e. The molecule has 0 amide bonds. The van der Waals surface area contributed by atoms with Crippen molar-refractivity contribution >= 4 is 11.8 Å². The van der Waals surface area contributed by atoms with Crippen molar-refractivity contribution in [1.82, 2.24) is 0 Å². The number of aliphatic hydroxyl groups is 1. The van der Waals surface area contributed by atoms with Crippen molar-refractivity contribution in [3.05, 3.63) is 0 Å². The molecular weight excluding hydrogens is 420 g/mol. The highest BCUT2D eigenvalue weighted by Gasteiger charge is 2.66. The summed E-state index contributed by atoms with van der Waals surface area (Å²) in [7, 11) is 3.11. The molecule has 4 aliphatic rings. The molecule has 33 heavy (non-hydrogen) atoms. The highest BCUT2D eigenvalue weighted by molar-refractivity contribution is 5.79. The van der Waals surface area contributed by atoms with Gasteiger partial charge in [0.2, 0.25) is 0 Å². The molecule has 6 heteroatoms. The third-order valence-electron chi connectivity index (χ3n) is 10.8. The van der Waals surface area contributed by atoms with Crippen molar-refractivity contribution in [3.8, 4) is 0 Å². The summed E-state index contributed by atoms with van der Waals surface area (Å²) >= 11 is 0. The molecule has 0 radical (unpaired) electrons. The molecule has 0 aliphatic heterocycles. The van der Waals surface area contributed by atoms with Crippen LogP contribution in [-0.4, -0.2) is 50.1 Å². The maximum atomic E-state index is 12.3. The number of ether oxygens (including phenoxy) is 3. The van der Waals surface area contributed by atoms with Crippen LogP contribution < -0.4 is 0 Å². The summed E-state index contributed by atoms with van der Waals surface area (Å²) in [6, 6.07) is 0. The van der Waals surface area contributed by atoms with E-state index < -0.39 is 0 Å². The highest BCUT2D eigenvalue weighted by atomic mass is 16.7. The molecule has 4 aliphatic carbocycles. The molecule has 1 unspecified atom stereocenters. The van der Waals surface area contributed by atoms with E-state index in [1.54, 1.807) is 7.11 Å². The first-order valence-electron chi connectivity index (χ1n) is 13.0. The van der Waals surface area contributed by atoms with Crippen LogP contribution in [-0.2, 0) is 23.8 Å². The second kappa shape index (κ2) is 9.58. The summed E-state index contributed by atoms with van der Waals surface area (Å²) in [5.41, 5.74) is -0.0958. The number of hydrogen-bond acceptors (Lipinski definition) is 6. The lowest BCUT2D eigenvalue weighted by Gasteiger charge is -2.63. The Labute approximate surface area is 199 Å². The number of aliphatic hydroxyl groups excluding tert-OH is 1. The van der Waals surface area contributed by atoms with Gasteiger partial charge in [-0.15, -0.1) is 0 Å². The Kier molecular flexibility index (Phi) is 7.29. The molecule has 0 spiro atoms. The van der Waals surface area contributed by atoms with Gasteiger partial charge in [-0.25, -0.2) is 0 Å². The standard InChI is InChI=1S/C27H44O6/c1-16(6-9-24(30)32-5)19-7-8-20-25-21(14-23(29)27(19,20)3)26(2)11-10-18(28)12-17(26)13-22(25)33-15-31-4/h16-17,19-23,25,29H,6-15H2,1-5H3/t16?,17-,19+,20-,21-,22+,23-,25-,26-,27+/m0/s1. The van der Waals surface area contributed by atoms with Crippen LogP contribution in [0.15, 0.2) is 0 Å². The van der Waals surface area contributed by atoms with Crippen molar-refractivity contribution in [2.75, 3.05) is 21.0 Å². The number of Topliss-reactive ketones (excluding diaryl/α,β-unsaturated/α-hetero) is 1. The van der Waals surface area contributed by atoms with Gasteiger partial charge in [-0.2, -0.15) is 0 Å². The van der Waals surface area contributed by atoms with E-state index in [2.05, 4.69) is 20.8 Å². The zero-order valence-electron chi connectivity index (χ0n) is 21.2. The van der Waals surface area contributed by atoms with E-state index in [-0.39, 0.29) is 35.8 Å². The molecule has 188 valence electrons. The summed E-state index contributed by atoms with van der Waals surface area (Å²) in [4.78, 5) is 24.1. The second-order valence-electron chi connectivity index (χ2n) is 12.0. The van der Waals surface area contributed by atoms with Gasteiger partial charge in [0.1, 0.15) is 12.6 Å². The lowest BCUT2D eigenvalue weighted by Crippen LogP contribution is -2.62. The van der Waals surface area contributed by atoms with Crippen molar-refractivity contribution in [2.24, 2.45) is 46.3 Å². The number of rotatable bonds is 7. The van der Waals surface area contributed by atoms with Gasteiger partial charge in [-0.05, 0) is 84.9 Å². The fraction of sp³-hybridized carbons (Fsp3) is 0.926. The average Bonchev–Trinajstić information content (AvgIpc) is 3.15. The van der Waals surface area contributed by atoms with Gasteiger partial charge in [-0.1, -0.05) is 20.8 Å². The molecule has 0 heterocycles. The molecular formula is C27H44O6. The highest BCUT2D eigenvalue weighted by Crippen LogP contribution is 2.68. The van der Waals surface area contributed by atoms with Crippen LogP contribution in [0.1, 0.15) is 78.6 Å². The molecule has 0 aromatic carbocycles. The fourth-order valence-corrected chi connectivity index (χ4v) is 8.90. The number of esters is 1. The number of carbonyl (C=O) groups excluding carboxylic acids is 2. The van der Waals surface area contributed by atoms with Gasteiger partial charge in [-0.3, -0.25) is 9.59 Å². The summed E-state index contributed by atoms with van der Waals surface area (Å²) in [5.74, 6) is 2.40. The smallest absolute Gasteiger partial charge is 0.305 e. The largest absolute Gasteiger partial charge is 0.469 e. The minimum atomic E-state index is -0.367. The Morgan fingerprint density at radius 2 is 1.94 bits per heavy atom. The average molecular weight is 465 g/mol. The zero-order chi connectivity index (χ0) is 24.0. The lowest BCUT2D eigenvalue weighted by atomic mass is 9.43. The first-order valence-corrected chi connectivity index (χ1v) is 13.0. The fourth-order valence-electron chi connectivity index (χ4n) is 8.90. The van der Waals surface area contributed by atoms with E-state index in [1.165, 1.54) is 7.11 Å². The Morgan fingerprint density at radius 1 is 1.18 bits per heavy atom. The summed E-state index contributed by atoms with van der Waals surface area (Å²) in [6.45, 7) is 7.20. The van der Waals surface area contributed by atoms with Gasteiger partial charge in [0.05, 0.1) is 19.3 Å². The van der Waals surface area contributed by atoms with Crippen molar-refractivity contribution in [3.63, 3.8) is 0 Å². The third kappa shape index (κ3) is 4.18. The predicted molar refractivity (Wildman–Crippen MR) is 124 cm³/mol. The number of ketones is 1. The van der Waals surface area contributed by atoms with Gasteiger partial charge < -0.3 is 19.3 Å². The van der Waals surface area contributed by atoms with E-state index >= 15 is 0 Å². The Balaban J connectivity index is 1.62. The maximum absolute atomic E-state index is 12.3. The molecule has 0 aromatic rings. The van der Waals surface area contributed by atoms with Crippen LogP contribution in [0.25, 0.3) is 0 Å². The van der Waals surface area contributed by atoms with Crippen LogP contribution >= 0.6 is 0 Å².